The third-order valence-corrected chi connectivity index (χ3v) is 6.99. The number of fused-ring (bicyclic) bond motifs is 1. The van der Waals surface area contributed by atoms with Gasteiger partial charge in [-0.25, -0.2) is 8.78 Å². The summed E-state index contributed by atoms with van der Waals surface area (Å²) in [6.45, 7) is 1.28. The van der Waals surface area contributed by atoms with Crippen LogP contribution in [0.5, 0.6) is 5.19 Å². The van der Waals surface area contributed by atoms with Crippen molar-refractivity contribution in [1.29, 1.82) is 0 Å². The van der Waals surface area contributed by atoms with Crippen LogP contribution in [0.4, 0.5) is 8.78 Å². The second-order valence-corrected chi connectivity index (χ2v) is 9.34. The number of nitrogens with zero attached hydrogens (tertiary/aromatic N) is 2. The first-order valence-electron chi connectivity index (χ1n) is 9.96. The van der Waals surface area contributed by atoms with Crippen molar-refractivity contribution in [3.63, 3.8) is 0 Å². The molecule has 0 atom stereocenters. The van der Waals surface area contributed by atoms with Crippen LogP contribution in [-0.2, 0) is 4.79 Å². The van der Waals surface area contributed by atoms with Crippen molar-refractivity contribution in [1.82, 2.24) is 9.88 Å². The zero-order valence-electron chi connectivity index (χ0n) is 16.4. The summed E-state index contributed by atoms with van der Waals surface area (Å²) < 4.78 is 33.5. The number of halogens is 2. The van der Waals surface area contributed by atoms with Crippen molar-refractivity contribution in [2.24, 2.45) is 0 Å². The predicted molar refractivity (Wildman–Crippen MR) is 116 cm³/mol. The van der Waals surface area contributed by atoms with Crippen LogP contribution in [0, 0.1) is 11.6 Å². The smallest absolute Gasteiger partial charge is 0.274 e. The highest BCUT2D eigenvalue weighted by atomic mass is 32.2. The van der Waals surface area contributed by atoms with Crippen molar-refractivity contribution in [2.75, 3.05) is 18.8 Å². The second kappa shape index (κ2) is 9.75. The molecule has 0 radical (unpaired) electrons. The van der Waals surface area contributed by atoms with E-state index in [-0.39, 0.29) is 17.5 Å². The Morgan fingerprint density at radius 3 is 2.73 bits per heavy atom. The van der Waals surface area contributed by atoms with Crippen LogP contribution in [0.1, 0.15) is 25.7 Å². The zero-order valence-corrected chi connectivity index (χ0v) is 18.0. The third kappa shape index (κ3) is 5.29. The van der Waals surface area contributed by atoms with Crippen molar-refractivity contribution in [3.05, 3.63) is 54.1 Å². The molecule has 0 saturated carbocycles. The lowest BCUT2D eigenvalue weighted by Crippen LogP contribution is -2.41. The topological polar surface area (TPSA) is 42.4 Å². The van der Waals surface area contributed by atoms with Crippen molar-refractivity contribution >= 4 is 39.2 Å². The normalized spacial score (nSPS) is 14.9. The largest absolute Gasteiger partial charge is 0.467 e. The number of hydrogen-bond acceptors (Lipinski definition) is 5. The first kappa shape index (κ1) is 21.1. The lowest BCUT2D eigenvalue weighted by atomic mass is 10.1. The molecule has 0 bridgehead atoms. The van der Waals surface area contributed by atoms with E-state index in [2.05, 4.69) is 17.1 Å². The average Bonchev–Trinajstić information content (AvgIpc) is 3.15. The Morgan fingerprint density at radius 2 is 1.97 bits per heavy atom. The Hall–Kier alpha value is -2.19. The number of carbonyl (C=O) groups excluding carboxylic acids is 1. The maximum absolute atomic E-state index is 13.8. The van der Waals surface area contributed by atoms with Gasteiger partial charge in [-0.05, 0) is 30.4 Å². The summed E-state index contributed by atoms with van der Waals surface area (Å²) in [4.78, 5) is 19.7. The molecule has 0 unspecified atom stereocenters. The van der Waals surface area contributed by atoms with Gasteiger partial charge in [-0.2, -0.15) is 4.98 Å². The Morgan fingerprint density at radius 1 is 1.20 bits per heavy atom. The number of piperidine rings is 1. The van der Waals surface area contributed by atoms with Crippen LogP contribution < -0.4 is 4.74 Å². The van der Waals surface area contributed by atoms with Crippen LogP contribution >= 0.6 is 23.1 Å². The highest BCUT2D eigenvalue weighted by molar-refractivity contribution is 7.99. The summed E-state index contributed by atoms with van der Waals surface area (Å²) in [6, 6.07) is 12.3. The van der Waals surface area contributed by atoms with Gasteiger partial charge in [0, 0.05) is 43.3 Å². The molecule has 1 aliphatic heterocycles. The van der Waals surface area contributed by atoms with E-state index in [0.717, 1.165) is 29.6 Å². The summed E-state index contributed by atoms with van der Waals surface area (Å²) in [6.07, 6.45) is 2.74. The number of hydrogen-bond donors (Lipinski definition) is 0. The first-order valence-corrected chi connectivity index (χ1v) is 11.8. The van der Waals surface area contributed by atoms with E-state index in [4.69, 9.17) is 4.74 Å². The molecular formula is C22H22F2N2O2S2. The fourth-order valence-corrected chi connectivity index (χ4v) is 5.24. The fraction of sp³-hybridized carbons (Fsp3) is 0.364. The molecule has 1 saturated heterocycles. The second-order valence-electron chi connectivity index (χ2n) is 7.18. The number of carbonyl (C=O) groups is 1. The van der Waals surface area contributed by atoms with Gasteiger partial charge >= 0.3 is 0 Å². The number of rotatable bonds is 7. The van der Waals surface area contributed by atoms with E-state index in [1.54, 1.807) is 11.8 Å². The molecule has 4 rings (SSSR count). The monoisotopic (exact) mass is 448 g/mol. The van der Waals surface area contributed by atoms with Crippen LogP contribution in [0.2, 0.25) is 0 Å². The molecule has 30 heavy (non-hydrogen) atoms. The number of aromatic nitrogens is 1. The molecule has 1 aliphatic rings. The highest BCUT2D eigenvalue weighted by Crippen LogP contribution is 2.32. The van der Waals surface area contributed by atoms with E-state index in [1.807, 2.05) is 23.1 Å². The van der Waals surface area contributed by atoms with Gasteiger partial charge in [0.05, 0.1) is 4.70 Å². The van der Waals surface area contributed by atoms with E-state index < -0.39 is 11.6 Å². The van der Waals surface area contributed by atoms with Crippen molar-refractivity contribution < 1.29 is 18.3 Å². The van der Waals surface area contributed by atoms with Crippen LogP contribution in [0.25, 0.3) is 10.2 Å². The minimum atomic E-state index is -0.679. The number of amides is 1. The average molecular weight is 449 g/mol. The SMILES string of the molecule is O=C(CCCSc1ccccc1)N1CCC(Oc2nc3c(F)cc(F)cc3s2)CC1. The van der Waals surface area contributed by atoms with Crippen molar-refractivity contribution in [3.8, 4) is 5.19 Å². The molecule has 8 heteroatoms. The number of benzene rings is 2. The maximum atomic E-state index is 13.8. The maximum Gasteiger partial charge on any atom is 0.274 e. The standard InChI is InChI=1S/C22H22F2N2O2S2/c23-15-13-18(24)21-19(14-15)30-22(25-21)28-16-8-10-26(11-9-16)20(27)7-4-12-29-17-5-2-1-3-6-17/h1-3,5-6,13-14,16H,4,7-12H2. The minimum Gasteiger partial charge on any atom is -0.467 e. The van der Waals surface area contributed by atoms with E-state index >= 15 is 0 Å². The quantitative estimate of drug-likeness (QED) is 0.353. The zero-order chi connectivity index (χ0) is 20.9. The van der Waals surface area contributed by atoms with E-state index in [9.17, 15) is 13.6 Å². The molecule has 2 aromatic carbocycles. The van der Waals surface area contributed by atoms with Gasteiger partial charge in [0.25, 0.3) is 5.19 Å². The minimum absolute atomic E-state index is 0.0730. The van der Waals surface area contributed by atoms with Gasteiger partial charge < -0.3 is 9.64 Å². The Bertz CT molecular complexity index is 1010. The molecule has 2 heterocycles. The molecular weight excluding hydrogens is 426 g/mol. The molecule has 158 valence electrons. The van der Waals surface area contributed by atoms with Crippen LogP contribution in [0.15, 0.2) is 47.4 Å². The third-order valence-electron chi connectivity index (χ3n) is 5.00. The predicted octanol–water partition coefficient (Wildman–Crippen LogP) is 5.52. The summed E-state index contributed by atoms with van der Waals surface area (Å²) in [5.41, 5.74) is 0.136. The molecule has 1 amide bonds. The number of thiazole rings is 1. The molecule has 3 aromatic rings. The summed E-state index contributed by atoms with van der Waals surface area (Å²) >= 11 is 2.91. The Kier molecular flexibility index (Phi) is 6.84. The summed E-state index contributed by atoms with van der Waals surface area (Å²) in [7, 11) is 0. The van der Waals surface area contributed by atoms with E-state index in [1.165, 1.54) is 11.0 Å². The number of likely N-dealkylation sites (tertiary alicyclic amines) is 1. The van der Waals surface area contributed by atoms with E-state index in [0.29, 0.717) is 42.2 Å². The molecule has 1 aromatic heterocycles. The van der Waals surface area contributed by atoms with Crippen molar-refractivity contribution in [2.45, 2.75) is 36.7 Å². The van der Waals surface area contributed by atoms with Gasteiger partial charge in [-0.15, -0.1) is 11.8 Å². The summed E-state index contributed by atoms with van der Waals surface area (Å²) in [5.74, 6) is -0.199. The molecule has 4 nitrogen and oxygen atoms in total. The van der Waals surface area contributed by atoms with Gasteiger partial charge in [0.15, 0.2) is 5.82 Å². The molecule has 0 aliphatic carbocycles. The van der Waals surface area contributed by atoms with Gasteiger partial charge in [-0.3, -0.25) is 4.79 Å². The Labute approximate surface area is 182 Å². The molecule has 1 fully saturated rings. The number of ether oxygens (including phenoxy) is 1. The van der Waals surface area contributed by atoms with Gasteiger partial charge in [0.1, 0.15) is 17.4 Å². The molecule has 0 N–H and O–H groups in total. The lowest BCUT2D eigenvalue weighted by molar-refractivity contribution is -0.133. The Balaban J connectivity index is 1.21. The summed E-state index contributed by atoms with van der Waals surface area (Å²) in [5, 5.41) is 0.345. The van der Waals surface area contributed by atoms with Crippen LogP contribution in [-0.4, -0.2) is 40.7 Å². The highest BCUT2D eigenvalue weighted by Gasteiger charge is 2.24. The fourth-order valence-electron chi connectivity index (χ4n) is 3.44. The van der Waals surface area contributed by atoms with Gasteiger partial charge in [0.2, 0.25) is 5.91 Å². The lowest BCUT2D eigenvalue weighted by Gasteiger charge is -2.31. The number of thioether (sulfide) groups is 1. The van der Waals surface area contributed by atoms with Crippen LogP contribution in [0.3, 0.4) is 0 Å². The first-order chi connectivity index (χ1) is 14.6. The van der Waals surface area contributed by atoms with Gasteiger partial charge in [-0.1, -0.05) is 29.5 Å². The molecule has 0 spiro atoms.